The van der Waals surface area contributed by atoms with Crippen LogP contribution >= 0.6 is 0 Å². The van der Waals surface area contributed by atoms with E-state index >= 15 is 0 Å². The maximum atomic E-state index is 11.9. The summed E-state index contributed by atoms with van der Waals surface area (Å²) in [6.45, 7) is 2.05. The molecule has 1 N–H and O–H groups in total. The summed E-state index contributed by atoms with van der Waals surface area (Å²) in [5, 5.41) is 7.62. The standard InChI is InChI=1S/C20H18N4O2/c1-13-8-10-15(11-9-13)17-12-16(14-6-4-3-5-7-14)21-20-22-18(19(25)26-2)23-24(17)20/h3-12,17H,1-2H3,(H,21,22,23). The number of carbonyl (C=O) groups is 1. The summed E-state index contributed by atoms with van der Waals surface area (Å²) < 4.78 is 6.47. The molecular weight excluding hydrogens is 328 g/mol. The fourth-order valence-electron chi connectivity index (χ4n) is 2.96. The molecule has 1 aromatic heterocycles. The van der Waals surface area contributed by atoms with E-state index < -0.39 is 5.97 Å². The second-order valence-corrected chi connectivity index (χ2v) is 6.12. The van der Waals surface area contributed by atoms with Crippen molar-refractivity contribution in [2.24, 2.45) is 0 Å². The van der Waals surface area contributed by atoms with Crippen molar-refractivity contribution in [2.45, 2.75) is 13.0 Å². The van der Waals surface area contributed by atoms with Gasteiger partial charge in [-0.25, -0.2) is 9.48 Å². The number of rotatable bonds is 3. The fourth-order valence-corrected chi connectivity index (χ4v) is 2.96. The van der Waals surface area contributed by atoms with Gasteiger partial charge in [-0.15, -0.1) is 5.10 Å². The minimum Gasteiger partial charge on any atom is -0.463 e. The maximum Gasteiger partial charge on any atom is 0.378 e. The quantitative estimate of drug-likeness (QED) is 0.736. The van der Waals surface area contributed by atoms with E-state index in [1.165, 1.54) is 12.7 Å². The summed E-state index contributed by atoms with van der Waals surface area (Å²) in [5.41, 5.74) is 4.21. The minimum atomic E-state index is -0.558. The highest BCUT2D eigenvalue weighted by molar-refractivity contribution is 5.86. The van der Waals surface area contributed by atoms with Gasteiger partial charge in [0.15, 0.2) is 0 Å². The predicted octanol–water partition coefficient (Wildman–Crippen LogP) is 3.43. The summed E-state index contributed by atoms with van der Waals surface area (Å²) in [6, 6.07) is 18.1. The molecule has 1 unspecified atom stereocenters. The number of allylic oxidation sites excluding steroid dienone is 1. The number of aromatic nitrogens is 3. The van der Waals surface area contributed by atoms with E-state index in [1.54, 1.807) is 4.68 Å². The van der Waals surface area contributed by atoms with E-state index in [0.717, 1.165) is 16.8 Å². The van der Waals surface area contributed by atoms with Gasteiger partial charge >= 0.3 is 5.97 Å². The number of aryl methyl sites for hydroxylation is 1. The van der Waals surface area contributed by atoms with Gasteiger partial charge in [-0.2, -0.15) is 4.98 Å². The van der Waals surface area contributed by atoms with Crippen LogP contribution in [-0.2, 0) is 4.74 Å². The molecule has 0 amide bonds. The van der Waals surface area contributed by atoms with E-state index in [4.69, 9.17) is 4.74 Å². The normalized spacial score (nSPS) is 15.6. The van der Waals surface area contributed by atoms with Crippen LogP contribution in [0.4, 0.5) is 5.95 Å². The van der Waals surface area contributed by atoms with Crippen LogP contribution in [-0.4, -0.2) is 27.8 Å². The van der Waals surface area contributed by atoms with E-state index in [0.29, 0.717) is 5.95 Å². The molecule has 0 saturated heterocycles. The summed E-state index contributed by atoms with van der Waals surface area (Å²) in [4.78, 5) is 16.2. The smallest absolute Gasteiger partial charge is 0.378 e. The minimum absolute atomic E-state index is 0.0369. The Hall–Kier alpha value is -3.41. The Bertz CT molecular complexity index is 975. The third-order valence-electron chi connectivity index (χ3n) is 4.34. The number of nitrogens with zero attached hydrogens (tertiary/aromatic N) is 3. The fraction of sp³-hybridized carbons (Fsp3) is 0.150. The van der Waals surface area contributed by atoms with Gasteiger partial charge in [0.25, 0.3) is 5.82 Å². The first-order valence-electron chi connectivity index (χ1n) is 8.31. The lowest BCUT2D eigenvalue weighted by atomic mass is 10.0. The van der Waals surface area contributed by atoms with Crippen molar-refractivity contribution in [3.63, 3.8) is 0 Å². The lowest BCUT2D eigenvalue weighted by molar-refractivity contribution is 0.0586. The van der Waals surface area contributed by atoms with Crippen LogP contribution < -0.4 is 5.32 Å². The Kier molecular flexibility index (Phi) is 4.01. The Morgan fingerprint density at radius 2 is 1.85 bits per heavy atom. The van der Waals surface area contributed by atoms with Crippen molar-refractivity contribution in [1.29, 1.82) is 0 Å². The molecule has 6 heteroatoms. The van der Waals surface area contributed by atoms with Crippen LogP contribution in [0.15, 0.2) is 60.7 Å². The van der Waals surface area contributed by atoms with Gasteiger partial charge in [-0.3, -0.25) is 0 Å². The van der Waals surface area contributed by atoms with Gasteiger partial charge in [0.2, 0.25) is 5.95 Å². The van der Waals surface area contributed by atoms with Crippen molar-refractivity contribution in [3.05, 3.63) is 83.2 Å². The molecule has 0 aliphatic carbocycles. The summed E-state index contributed by atoms with van der Waals surface area (Å²) in [6.07, 6.45) is 2.09. The highest BCUT2D eigenvalue weighted by Gasteiger charge is 2.27. The first kappa shape index (κ1) is 16.1. The molecule has 0 radical (unpaired) electrons. The molecule has 1 aliphatic heterocycles. The van der Waals surface area contributed by atoms with E-state index in [9.17, 15) is 4.79 Å². The molecule has 0 saturated carbocycles. The zero-order valence-electron chi connectivity index (χ0n) is 14.5. The second-order valence-electron chi connectivity index (χ2n) is 6.12. The van der Waals surface area contributed by atoms with Crippen LogP contribution in [0.3, 0.4) is 0 Å². The molecule has 130 valence electrons. The van der Waals surface area contributed by atoms with Crippen molar-refractivity contribution in [3.8, 4) is 0 Å². The number of nitrogens with one attached hydrogen (secondary N) is 1. The number of anilines is 1. The zero-order valence-corrected chi connectivity index (χ0v) is 14.5. The predicted molar refractivity (Wildman–Crippen MR) is 98.7 cm³/mol. The van der Waals surface area contributed by atoms with Gasteiger partial charge in [0, 0.05) is 5.70 Å². The van der Waals surface area contributed by atoms with Crippen LogP contribution in [0.5, 0.6) is 0 Å². The van der Waals surface area contributed by atoms with Gasteiger partial charge in [0.05, 0.1) is 7.11 Å². The monoisotopic (exact) mass is 346 g/mol. The third-order valence-corrected chi connectivity index (χ3v) is 4.34. The number of fused-ring (bicyclic) bond motifs is 1. The summed E-state index contributed by atoms with van der Waals surface area (Å²) in [5.74, 6) is -0.00947. The van der Waals surface area contributed by atoms with Crippen LogP contribution in [0.1, 0.15) is 33.4 Å². The lowest BCUT2D eigenvalue weighted by Crippen LogP contribution is -2.20. The molecule has 4 rings (SSSR count). The van der Waals surface area contributed by atoms with Crippen LogP contribution in [0, 0.1) is 6.92 Å². The number of benzene rings is 2. The first-order valence-corrected chi connectivity index (χ1v) is 8.31. The molecule has 1 aliphatic rings. The average molecular weight is 346 g/mol. The summed E-state index contributed by atoms with van der Waals surface area (Å²) in [7, 11) is 1.32. The van der Waals surface area contributed by atoms with Crippen molar-refractivity contribution in [2.75, 3.05) is 12.4 Å². The number of methoxy groups -OCH3 is 1. The third kappa shape index (κ3) is 2.86. The molecule has 3 aromatic rings. The Morgan fingerprint density at radius 1 is 1.12 bits per heavy atom. The van der Waals surface area contributed by atoms with Gasteiger partial charge in [-0.05, 0) is 24.1 Å². The second kappa shape index (κ2) is 6.48. The van der Waals surface area contributed by atoms with E-state index in [1.807, 2.05) is 37.3 Å². The molecule has 2 heterocycles. The van der Waals surface area contributed by atoms with Crippen molar-refractivity contribution < 1.29 is 9.53 Å². The number of hydrogen-bond acceptors (Lipinski definition) is 5. The highest BCUT2D eigenvalue weighted by atomic mass is 16.5. The molecule has 26 heavy (non-hydrogen) atoms. The van der Waals surface area contributed by atoms with Gasteiger partial charge in [0.1, 0.15) is 6.04 Å². The zero-order chi connectivity index (χ0) is 18.1. The highest BCUT2D eigenvalue weighted by Crippen LogP contribution is 2.32. The number of hydrogen-bond donors (Lipinski definition) is 1. The Morgan fingerprint density at radius 3 is 2.54 bits per heavy atom. The van der Waals surface area contributed by atoms with Crippen LogP contribution in [0.25, 0.3) is 5.70 Å². The molecule has 0 fully saturated rings. The first-order chi connectivity index (χ1) is 12.7. The van der Waals surface area contributed by atoms with Gasteiger partial charge in [-0.1, -0.05) is 60.2 Å². The average Bonchev–Trinajstić information content (AvgIpc) is 3.12. The Labute approximate surface area is 151 Å². The largest absolute Gasteiger partial charge is 0.463 e. The molecule has 1 atom stereocenters. The van der Waals surface area contributed by atoms with Crippen molar-refractivity contribution in [1.82, 2.24) is 14.8 Å². The SMILES string of the molecule is COC(=O)c1nc2n(n1)C(c1ccc(C)cc1)C=C(c1ccccc1)N2. The molecule has 6 nitrogen and oxygen atoms in total. The van der Waals surface area contributed by atoms with Crippen molar-refractivity contribution >= 4 is 17.6 Å². The van der Waals surface area contributed by atoms with Gasteiger partial charge < -0.3 is 10.1 Å². The number of carbonyl (C=O) groups excluding carboxylic acids is 1. The lowest BCUT2D eigenvalue weighted by Gasteiger charge is -2.24. The molecule has 2 aromatic carbocycles. The molecule has 0 spiro atoms. The number of ether oxygens (including phenoxy) is 1. The Balaban J connectivity index is 1.83. The van der Waals surface area contributed by atoms with E-state index in [2.05, 4.69) is 45.7 Å². The molecule has 0 bridgehead atoms. The van der Waals surface area contributed by atoms with E-state index in [-0.39, 0.29) is 11.9 Å². The maximum absolute atomic E-state index is 11.9. The van der Waals surface area contributed by atoms with Crippen LogP contribution in [0.2, 0.25) is 0 Å². The number of esters is 1. The molecular formula is C20H18N4O2. The summed E-state index contributed by atoms with van der Waals surface area (Å²) >= 11 is 0. The topological polar surface area (TPSA) is 69.0 Å².